The van der Waals surface area contributed by atoms with E-state index in [1.807, 2.05) is 0 Å². The van der Waals surface area contributed by atoms with Gasteiger partial charge >= 0.3 is 5.69 Å². The Balaban J connectivity index is 2.90. The Morgan fingerprint density at radius 1 is 1.67 bits per heavy atom. The van der Waals surface area contributed by atoms with Crippen LogP contribution in [0.4, 0.5) is 0 Å². The second kappa shape index (κ2) is 3.44. The lowest BCUT2D eigenvalue weighted by molar-refractivity contribution is 0.185. The molecule has 0 fully saturated rings. The van der Waals surface area contributed by atoms with Gasteiger partial charge in [-0.1, -0.05) is 0 Å². The Labute approximate surface area is 69.6 Å². The number of H-pyrrole nitrogens is 1. The highest BCUT2D eigenvalue weighted by molar-refractivity contribution is 5.15. The minimum absolute atomic E-state index is 0.0731. The van der Waals surface area contributed by atoms with Gasteiger partial charge in [-0.25, -0.2) is 4.79 Å². The molecule has 0 radical (unpaired) electrons. The number of imidazole rings is 1. The molecule has 5 nitrogen and oxygen atoms in total. The molecular formula is C7H12N2O3. The van der Waals surface area contributed by atoms with Crippen molar-refractivity contribution in [3.05, 3.63) is 16.2 Å². The number of aromatic nitrogens is 2. The van der Waals surface area contributed by atoms with Crippen molar-refractivity contribution in [1.82, 2.24) is 9.55 Å². The van der Waals surface area contributed by atoms with E-state index < -0.39 is 0 Å². The zero-order valence-corrected chi connectivity index (χ0v) is 7.13. The van der Waals surface area contributed by atoms with Crippen molar-refractivity contribution in [2.75, 3.05) is 13.7 Å². The molecule has 0 atom stereocenters. The zero-order valence-electron chi connectivity index (χ0n) is 7.13. The van der Waals surface area contributed by atoms with E-state index >= 15 is 0 Å². The fourth-order valence-electron chi connectivity index (χ4n) is 0.991. The molecule has 0 aliphatic heterocycles. The maximum atomic E-state index is 11.1. The summed E-state index contributed by atoms with van der Waals surface area (Å²) in [5.41, 5.74) is 0.235. The van der Waals surface area contributed by atoms with Crippen molar-refractivity contribution >= 4 is 0 Å². The highest BCUT2D eigenvalue weighted by Gasteiger charge is 2.07. The lowest BCUT2D eigenvalue weighted by Gasteiger charge is -2.01. The van der Waals surface area contributed by atoms with E-state index in [0.717, 1.165) is 0 Å². The Morgan fingerprint density at radius 2 is 2.33 bits per heavy atom. The minimum Gasteiger partial charge on any atom is -0.493 e. The van der Waals surface area contributed by atoms with Gasteiger partial charge in [-0.3, -0.25) is 9.55 Å². The summed E-state index contributed by atoms with van der Waals surface area (Å²) in [6.07, 6.45) is 0. The van der Waals surface area contributed by atoms with Crippen LogP contribution in [0.2, 0.25) is 0 Å². The second-order valence-corrected chi connectivity index (χ2v) is 2.51. The van der Waals surface area contributed by atoms with E-state index in [-0.39, 0.29) is 11.6 Å². The molecule has 1 heterocycles. The Hall–Kier alpha value is -1.23. The first-order valence-electron chi connectivity index (χ1n) is 3.64. The maximum absolute atomic E-state index is 11.1. The van der Waals surface area contributed by atoms with E-state index in [4.69, 9.17) is 9.84 Å². The third kappa shape index (κ3) is 1.50. The summed E-state index contributed by atoms with van der Waals surface area (Å²) in [6.45, 7) is 2.58. The van der Waals surface area contributed by atoms with Gasteiger partial charge in [0, 0.05) is 7.11 Å². The molecule has 1 aromatic heterocycles. The van der Waals surface area contributed by atoms with Crippen LogP contribution in [0.5, 0.6) is 5.88 Å². The number of nitrogens with zero attached hydrogens (tertiary/aromatic N) is 1. The summed E-state index contributed by atoms with van der Waals surface area (Å²) in [5.74, 6) is -0.0731. The third-order valence-corrected chi connectivity index (χ3v) is 1.74. The quantitative estimate of drug-likeness (QED) is 0.665. The van der Waals surface area contributed by atoms with Crippen molar-refractivity contribution in [3.8, 4) is 5.88 Å². The summed E-state index contributed by atoms with van der Waals surface area (Å²) < 4.78 is 6.24. The smallest absolute Gasteiger partial charge is 0.328 e. The first-order chi connectivity index (χ1) is 5.66. The first-order valence-corrected chi connectivity index (χ1v) is 3.64. The Morgan fingerprint density at radius 3 is 2.75 bits per heavy atom. The number of ether oxygens (including phenoxy) is 1. The molecule has 0 saturated heterocycles. The number of nitrogens with one attached hydrogen (secondary N) is 1. The van der Waals surface area contributed by atoms with Crippen LogP contribution in [-0.2, 0) is 11.3 Å². The van der Waals surface area contributed by atoms with Crippen LogP contribution in [0.15, 0.2) is 4.79 Å². The monoisotopic (exact) mass is 172 g/mol. The molecule has 12 heavy (non-hydrogen) atoms. The largest absolute Gasteiger partial charge is 0.493 e. The molecule has 5 heteroatoms. The van der Waals surface area contributed by atoms with Crippen LogP contribution in [0.1, 0.15) is 5.69 Å². The Kier molecular flexibility index (Phi) is 2.54. The fraction of sp³-hybridized carbons (Fsp3) is 0.571. The molecular weight excluding hydrogens is 160 g/mol. The van der Waals surface area contributed by atoms with E-state index in [2.05, 4.69) is 4.98 Å². The van der Waals surface area contributed by atoms with Gasteiger partial charge in [-0.05, 0) is 6.92 Å². The normalized spacial score (nSPS) is 10.5. The van der Waals surface area contributed by atoms with Crippen LogP contribution < -0.4 is 5.69 Å². The van der Waals surface area contributed by atoms with Gasteiger partial charge in [0.25, 0.3) is 0 Å². The number of methoxy groups -OCH3 is 1. The predicted molar refractivity (Wildman–Crippen MR) is 43.3 cm³/mol. The summed E-state index contributed by atoms with van der Waals surface area (Å²) in [4.78, 5) is 13.4. The van der Waals surface area contributed by atoms with Gasteiger partial charge in [0.2, 0.25) is 5.88 Å². The van der Waals surface area contributed by atoms with Crippen LogP contribution in [0.3, 0.4) is 0 Å². The highest BCUT2D eigenvalue weighted by Crippen LogP contribution is 2.07. The summed E-state index contributed by atoms with van der Waals surface area (Å²) >= 11 is 0. The van der Waals surface area contributed by atoms with Gasteiger partial charge in [0.15, 0.2) is 0 Å². The van der Waals surface area contributed by atoms with Crippen LogP contribution >= 0.6 is 0 Å². The molecule has 0 aromatic carbocycles. The molecule has 0 amide bonds. The van der Waals surface area contributed by atoms with Gasteiger partial charge < -0.3 is 9.84 Å². The van der Waals surface area contributed by atoms with Crippen molar-refractivity contribution < 1.29 is 9.84 Å². The lowest BCUT2D eigenvalue weighted by Crippen LogP contribution is -2.20. The average molecular weight is 172 g/mol. The van der Waals surface area contributed by atoms with Crippen molar-refractivity contribution in [2.24, 2.45) is 0 Å². The number of rotatable bonds is 3. The first kappa shape index (κ1) is 8.86. The summed E-state index contributed by atoms with van der Waals surface area (Å²) in [5, 5.41) is 9.10. The minimum atomic E-state index is -0.304. The topological polar surface area (TPSA) is 67.2 Å². The molecule has 1 rings (SSSR count). The molecule has 0 spiro atoms. The van der Waals surface area contributed by atoms with E-state index in [9.17, 15) is 4.79 Å². The fourth-order valence-corrected chi connectivity index (χ4v) is 0.991. The molecule has 0 unspecified atom stereocenters. The molecule has 0 aliphatic rings. The molecule has 68 valence electrons. The van der Waals surface area contributed by atoms with Crippen LogP contribution in [0.25, 0.3) is 0 Å². The molecule has 1 aromatic rings. The number of aromatic hydroxyl groups is 1. The van der Waals surface area contributed by atoms with Gasteiger partial charge in [0.05, 0.1) is 18.8 Å². The predicted octanol–water partition coefficient (Wildman–Crippen LogP) is -0.163. The van der Waals surface area contributed by atoms with Crippen LogP contribution in [-0.4, -0.2) is 28.4 Å². The molecule has 0 bridgehead atoms. The number of hydrogen-bond donors (Lipinski definition) is 2. The average Bonchev–Trinajstić information content (AvgIpc) is 2.25. The van der Waals surface area contributed by atoms with E-state index in [0.29, 0.717) is 18.8 Å². The van der Waals surface area contributed by atoms with Gasteiger partial charge in [-0.2, -0.15) is 0 Å². The van der Waals surface area contributed by atoms with Crippen LogP contribution in [0, 0.1) is 6.92 Å². The Bertz CT molecular complexity index is 313. The lowest BCUT2D eigenvalue weighted by atomic mass is 10.5. The van der Waals surface area contributed by atoms with Crippen molar-refractivity contribution in [3.63, 3.8) is 0 Å². The molecule has 2 N–H and O–H groups in total. The summed E-state index contributed by atoms with van der Waals surface area (Å²) in [6, 6.07) is 0. The number of aromatic amines is 1. The molecule has 0 saturated carbocycles. The molecule has 0 aliphatic carbocycles. The standard InChI is InChI=1S/C7H12N2O3/c1-5-6(10)8-7(11)9(5)3-4-12-2/h10H,3-4H2,1-2H3,(H,8,11). The van der Waals surface area contributed by atoms with Gasteiger partial charge in [0.1, 0.15) is 0 Å². The van der Waals surface area contributed by atoms with Gasteiger partial charge in [-0.15, -0.1) is 0 Å². The highest BCUT2D eigenvalue weighted by atomic mass is 16.5. The zero-order chi connectivity index (χ0) is 9.14. The van der Waals surface area contributed by atoms with E-state index in [1.165, 1.54) is 4.57 Å². The SMILES string of the molecule is COCCn1c(C)c(O)[nH]c1=O. The van der Waals surface area contributed by atoms with Crippen molar-refractivity contribution in [1.29, 1.82) is 0 Å². The van der Waals surface area contributed by atoms with E-state index in [1.54, 1.807) is 14.0 Å². The third-order valence-electron chi connectivity index (χ3n) is 1.74. The maximum Gasteiger partial charge on any atom is 0.328 e. The number of hydrogen-bond acceptors (Lipinski definition) is 3. The van der Waals surface area contributed by atoms with Crippen molar-refractivity contribution in [2.45, 2.75) is 13.5 Å². The second-order valence-electron chi connectivity index (χ2n) is 2.51. The summed E-state index contributed by atoms with van der Waals surface area (Å²) in [7, 11) is 1.56.